The number of aliphatic hydroxyl groups is 1. The molecule has 0 radical (unpaired) electrons. The maximum absolute atomic E-state index is 14.1. The first-order chi connectivity index (χ1) is 33.4. The highest BCUT2D eigenvalue weighted by atomic mass is 35.5. The van der Waals surface area contributed by atoms with Crippen molar-refractivity contribution in [1.29, 1.82) is 0 Å². The number of aryl methyl sites for hydroxylation is 3. The molecule has 372 valence electrons. The summed E-state index contributed by atoms with van der Waals surface area (Å²) in [5.41, 5.74) is 5.49. The van der Waals surface area contributed by atoms with Gasteiger partial charge in [0.05, 0.1) is 39.1 Å². The van der Waals surface area contributed by atoms with Crippen LogP contribution in [0.1, 0.15) is 98.0 Å². The Morgan fingerprint density at radius 3 is 2.33 bits per heavy atom. The van der Waals surface area contributed by atoms with E-state index in [0.717, 1.165) is 45.9 Å². The van der Waals surface area contributed by atoms with Crippen LogP contribution in [0.3, 0.4) is 0 Å². The fraction of sp³-hybridized carbons (Fsp3) is 0.460. The lowest BCUT2D eigenvalue weighted by atomic mass is 9.85. The number of nitrogens with zero attached hydrogens (tertiary/aromatic N) is 7. The number of nitrogens with one attached hydrogen (secondary N) is 4. The van der Waals surface area contributed by atoms with E-state index in [1.165, 1.54) is 22.4 Å². The van der Waals surface area contributed by atoms with Crippen molar-refractivity contribution >= 4 is 86.3 Å². The van der Waals surface area contributed by atoms with Gasteiger partial charge in [0, 0.05) is 64.6 Å². The Kier molecular flexibility index (Phi) is 17.2. The summed E-state index contributed by atoms with van der Waals surface area (Å²) in [6.07, 6.45) is 4.21. The smallest absolute Gasteiger partial charge is 0.267 e. The van der Waals surface area contributed by atoms with Gasteiger partial charge in [-0.3, -0.25) is 24.0 Å². The lowest BCUT2D eigenvalue weighted by Crippen LogP contribution is -2.57. The van der Waals surface area contributed by atoms with E-state index < -0.39 is 29.5 Å². The SMILES string of the molecule is Cc1nc(Nc2ncc(C(=O)Nc3c(C)cccc3Cl)s2)cc(N2CCN(C(=O)CCCCCCC(=O)NC(C(=O)N3CC(O)CC3C(=O)NCc3ccc(-c4scnc4C)cc3)C(C)(C)C)CC2)n1. The minimum absolute atomic E-state index is 0.00373. The molecule has 70 heavy (non-hydrogen) atoms. The van der Waals surface area contributed by atoms with Crippen LogP contribution in [-0.4, -0.2) is 115 Å². The van der Waals surface area contributed by atoms with Gasteiger partial charge in [0.25, 0.3) is 5.91 Å². The molecule has 0 bridgehead atoms. The van der Waals surface area contributed by atoms with Gasteiger partial charge in [-0.1, -0.05) is 92.9 Å². The van der Waals surface area contributed by atoms with Crippen molar-refractivity contribution in [2.45, 2.75) is 111 Å². The van der Waals surface area contributed by atoms with Crippen LogP contribution in [-0.2, 0) is 25.7 Å². The molecular weight excluding hydrogens is 950 g/mol. The first kappa shape index (κ1) is 51.8. The Morgan fingerprint density at radius 2 is 1.64 bits per heavy atom. The van der Waals surface area contributed by atoms with E-state index in [1.807, 2.05) is 94.4 Å². The van der Waals surface area contributed by atoms with Gasteiger partial charge in [-0.15, -0.1) is 11.3 Å². The first-order valence-electron chi connectivity index (χ1n) is 23.7. The number of carbonyl (C=O) groups is 5. The number of unbranched alkanes of at least 4 members (excludes halogenated alkanes) is 3. The number of anilines is 4. The van der Waals surface area contributed by atoms with Crippen molar-refractivity contribution in [1.82, 2.24) is 40.4 Å². The van der Waals surface area contributed by atoms with Gasteiger partial charge in [-0.25, -0.2) is 19.9 Å². The van der Waals surface area contributed by atoms with Crippen molar-refractivity contribution in [2.75, 3.05) is 48.3 Å². The molecule has 0 spiro atoms. The van der Waals surface area contributed by atoms with Gasteiger partial charge in [0.15, 0.2) is 5.13 Å². The number of halogens is 1. The molecule has 3 unspecified atom stereocenters. The molecule has 3 aromatic heterocycles. The third-order valence-corrected chi connectivity index (χ3v) is 14.7. The summed E-state index contributed by atoms with van der Waals surface area (Å²) in [5.74, 6) is 0.602. The van der Waals surface area contributed by atoms with Gasteiger partial charge in [-0.05, 0) is 61.8 Å². The molecule has 2 fully saturated rings. The minimum atomic E-state index is -0.900. The zero-order valence-corrected chi connectivity index (χ0v) is 42.9. The summed E-state index contributed by atoms with van der Waals surface area (Å²) in [7, 11) is 0. The molecule has 20 heteroatoms. The van der Waals surface area contributed by atoms with E-state index in [1.54, 1.807) is 17.4 Å². The number of rotatable bonds is 18. The number of likely N-dealkylation sites (tertiary alicyclic amines) is 1. The molecule has 7 rings (SSSR count). The van der Waals surface area contributed by atoms with E-state index in [4.69, 9.17) is 11.6 Å². The number of amides is 5. The van der Waals surface area contributed by atoms with E-state index in [2.05, 4.69) is 46.1 Å². The highest BCUT2D eigenvalue weighted by Crippen LogP contribution is 2.31. The number of benzene rings is 2. The highest BCUT2D eigenvalue weighted by molar-refractivity contribution is 7.17. The van der Waals surface area contributed by atoms with Crippen molar-refractivity contribution < 1.29 is 29.1 Å². The fourth-order valence-corrected chi connectivity index (χ4v) is 10.4. The molecule has 2 aliphatic rings. The van der Waals surface area contributed by atoms with Crippen molar-refractivity contribution in [2.24, 2.45) is 5.41 Å². The lowest BCUT2D eigenvalue weighted by Gasteiger charge is -2.35. The summed E-state index contributed by atoms with van der Waals surface area (Å²) in [4.78, 5) is 91.7. The van der Waals surface area contributed by atoms with E-state index in [0.29, 0.717) is 77.8 Å². The van der Waals surface area contributed by atoms with Crippen molar-refractivity contribution in [3.63, 3.8) is 0 Å². The number of para-hydroxylation sites is 1. The zero-order valence-electron chi connectivity index (χ0n) is 40.5. The Balaban J connectivity index is 0.806. The molecule has 3 atom stereocenters. The van der Waals surface area contributed by atoms with E-state index in [-0.39, 0.29) is 49.6 Å². The second-order valence-corrected chi connectivity index (χ2v) is 21.2. The molecule has 5 N–H and O–H groups in total. The molecule has 5 heterocycles. The molecule has 0 saturated carbocycles. The second-order valence-electron chi connectivity index (χ2n) is 18.9. The molecule has 5 aromatic rings. The third-order valence-electron chi connectivity index (χ3n) is 12.5. The van der Waals surface area contributed by atoms with Crippen LogP contribution < -0.4 is 26.2 Å². The number of aromatic nitrogens is 4. The Labute approximate surface area is 421 Å². The van der Waals surface area contributed by atoms with Gasteiger partial charge in [-0.2, -0.15) is 0 Å². The third kappa shape index (κ3) is 13.4. The number of hydrogen-bond acceptors (Lipinski definition) is 14. The molecule has 5 amide bonds. The first-order valence-corrected chi connectivity index (χ1v) is 25.7. The maximum Gasteiger partial charge on any atom is 0.267 e. The van der Waals surface area contributed by atoms with Crippen molar-refractivity contribution in [3.8, 4) is 10.4 Å². The van der Waals surface area contributed by atoms with Gasteiger partial charge < -0.3 is 41.1 Å². The Hall–Kier alpha value is -6.02. The normalized spacial score (nSPS) is 16.5. The Bertz CT molecular complexity index is 2640. The summed E-state index contributed by atoms with van der Waals surface area (Å²) in [5, 5.41) is 23.5. The molecular formula is C50H62ClN11O6S2. The van der Waals surface area contributed by atoms with Crippen LogP contribution in [0.4, 0.5) is 22.5 Å². The van der Waals surface area contributed by atoms with E-state index >= 15 is 0 Å². The summed E-state index contributed by atoms with van der Waals surface area (Å²) < 4.78 is 0. The standard InChI is InChI=1S/C50H62ClN11O6S2/c1-30-12-11-13-36(51)43(30)59-47(67)38-27-53-49(70-38)57-39-25-40(56-32(3)55-39)60-20-22-61(23-21-60)42(65)15-10-8-7-9-14-41(64)58-45(50(4,5)6)48(68)62-28-35(63)24-37(62)46(66)52-26-33-16-18-34(19-17-33)44-31(2)54-29-69-44/h11-13,16-19,25,27,29,35,37,45,63H,7-10,14-15,20-24,26,28H2,1-6H3,(H,52,66)(H,58,64)(H,59,67)(H,53,55,56,57). The molecule has 2 saturated heterocycles. The number of aliphatic hydroxyl groups excluding tert-OH is 1. The molecule has 2 aromatic carbocycles. The minimum Gasteiger partial charge on any atom is -0.391 e. The number of thiazole rings is 2. The average molecular weight is 1010 g/mol. The van der Waals surface area contributed by atoms with Crippen LogP contribution in [0.5, 0.6) is 0 Å². The largest absolute Gasteiger partial charge is 0.391 e. The van der Waals surface area contributed by atoms with Crippen LogP contribution in [0.15, 0.2) is 60.2 Å². The fourth-order valence-electron chi connectivity index (χ4n) is 8.56. The van der Waals surface area contributed by atoms with Crippen LogP contribution in [0.25, 0.3) is 10.4 Å². The predicted octanol–water partition coefficient (Wildman–Crippen LogP) is 7.43. The van der Waals surface area contributed by atoms with E-state index in [9.17, 15) is 29.1 Å². The monoisotopic (exact) mass is 1010 g/mol. The quantitative estimate of drug-likeness (QED) is 0.0542. The van der Waals surface area contributed by atoms with Crippen LogP contribution in [0.2, 0.25) is 5.02 Å². The highest BCUT2D eigenvalue weighted by Gasteiger charge is 2.44. The number of hydrogen-bond donors (Lipinski definition) is 5. The molecule has 2 aliphatic heterocycles. The van der Waals surface area contributed by atoms with Gasteiger partial charge >= 0.3 is 0 Å². The zero-order chi connectivity index (χ0) is 50.1. The lowest BCUT2D eigenvalue weighted by molar-refractivity contribution is -0.144. The van der Waals surface area contributed by atoms with Crippen LogP contribution in [0, 0.1) is 26.2 Å². The van der Waals surface area contributed by atoms with Gasteiger partial charge in [0.1, 0.15) is 34.4 Å². The molecule has 17 nitrogen and oxygen atoms in total. The van der Waals surface area contributed by atoms with Gasteiger partial charge in [0.2, 0.25) is 23.6 Å². The topological polar surface area (TPSA) is 215 Å². The molecule has 0 aliphatic carbocycles. The summed E-state index contributed by atoms with van der Waals surface area (Å²) in [6, 6.07) is 13.4. The number of carbonyl (C=O) groups excluding carboxylic acids is 5. The average Bonchev–Trinajstić information content (AvgIpc) is 4.09. The Morgan fingerprint density at radius 1 is 0.914 bits per heavy atom. The van der Waals surface area contributed by atoms with Crippen molar-refractivity contribution in [3.05, 3.63) is 92.8 Å². The number of piperazine rings is 1. The predicted molar refractivity (Wildman–Crippen MR) is 274 cm³/mol. The maximum atomic E-state index is 14.1. The van der Waals surface area contributed by atoms with Crippen LogP contribution >= 0.6 is 34.3 Å². The second kappa shape index (κ2) is 23.3. The summed E-state index contributed by atoms with van der Waals surface area (Å²) >= 11 is 9.07. The summed E-state index contributed by atoms with van der Waals surface area (Å²) in [6.45, 7) is 13.8. The number of β-amino-alcohol motifs (C(OH)–C–C–N with tert-alkyl or cyclic N) is 1.